The van der Waals surface area contributed by atoms with Crippen LogP contribution in [0.25, 0.3) is 0 Å². The number of benzene rings is 1. The minimum Gasteiger partial charge on any atom is -0.414 e. The molecule has 1 aromatic carbocycles. The van der Waals surface area contributed by atoms with E-state index >= 15 is 0 Å². The summed E-state index contributed by atoms with van der Waals surface area (Å²) in [6, 6.07) is 5.87. The van der Waals surface area contributed by atoms with Crippen LogP contribution in [0.1, 0.15) is 218 Å². The van der Waals surface area contributed by atoms with Crippen molar-refractivity contribution in [3.05, 3.63) is 63.8 Å². The van der Waals surface area contributed by atoms with E-state index in [4.69, 9.17) is 66.6 Å². The maximum absolute atomic E-state index is 13.4. The molecule has 6 aliphatic rings. The summed E-state index contributed by atoms with van der Waals surface area (Å²) in [5.74, 6) is -0.101. The Bertz CT molecular complexity index is 2960. The highest BCUT2D eigenvalue weighted by Crippen LogP contribution is 2.52. The lowest BCUT2D eigenvalue weighted by molar-refractivity contribution is -0.268. The van der Waals surface area contributed by atoms with E-state index < -0.39 is 83.2 Å². The third-order valence-electron chi connectivity index (χ3n) is 26.6. The molecule has 6 fully saturated rings. The van der Waals surface area contributed by atoms with E-state index in [1.807, 2.05) is 19.2 Å². The van der Waals surface area contributed by atoms with Gasteiger partial charge in [-0.25, -0.2) is 4.21 Å². The van der Waals surface area contributed by atoms with E-state index in [-0.39, 0.29) is 110 Å². The first-order chi connectivity index (χ1) is 47.4. The first-order valence-corrected chi connectivity index (χ1v) is 56.5. The summed E-state index contributed by atoms with van der Waals surface area (Å²) in [4.78, 5) is 0.373. The monoisotopic (exact) mass is 1660 g/mol. The van der Waals surface area contributed by atoms with Crippen LogP contribution in [-0.2, 0) is 77.5 Å². The second kappa shape index (κ2) is 35.9. The maximum atomic E-state index is 13.4. The maximum Gasteiger partial charge on any atom is 0.193 e. The van der Waals surface area contributed by atoms with Crippen molar-refractivity contribution in [2.24, 2.45) is 11.8 Å². The first kappa shape index (κ1) is 90.0. The average Bonchev–Trinajstić information content (AvgIpc) is 1.45. The van der Waals surface area contributed by atoms with Gasteiger partial charge in [0.2, 0.25) is 0 Å². The molecule has 1 aromatic rings. The zero-order valence-electron chi connectivity index (χ0n) is 69.7. The number of ether oxygens (including phenoxy) is 8. The largest absolute Gasteiger partial charge is 0.414 e. The highest BCUT2D eigenvalue weighted by molar-refractivity contribution is 14.1. The zero-order chi connectivity index (χ0) is 77.2. The van der Waals surface area contributed by atoms with Crippen LogP contribution < -0.4 is 0 Å². The molecule has 0 spiro atoms. The van der Waals surface area contributed by atoms with Gasteiger partial charge in [0, 0.05) is 38.2 Å². The van der Waals surface area contributed by atoms with Crippen molar-refractivity contribution in [3.8, 4) is 0 Å². The molecule has 0 bridgehead atoms. The highest BCUT2D eigenvalue weighted by Gasteiger charge is 2.59. The van der Waals surface area contributed by atoms with Crippen LogP contribution in [0.3, 0.4) is 0 Å². The SMILES string of the molecule is C=C1C[C@H](CCC2OCCCO2)O[C@H]1CC[C@H]1C[C@@H](C)C(=C)[C@@H](C[C@@H]2O[C@H](CC(CO[Si](C)(C)C(C)(C)C)O[Si](C)(C)C(C)(C)C)[C@H](OC)[C@H]2CC[C@@H](c2cc(S(=O)O)ccc2CC)C2CC[C@@H]3O[C@@H](C(/C=C/I)O[Si](C)(C)C(C)(C)C)C(O[Si](C)(C)C(C)(C)C)C(O[Si](C)(C)C(C)(C)C)[C@H]3O2)O1. The average molecular weight is 1660 g/mol. The summed E-state index contributed by atoms with van der Waals surface area (Å²) >= 11 is 0.110. The molecule has 1 N–H and O–H groups in total. The molecule has 6 heterocycles. The fraction of sp³-hybridized carbons (Fsp3) is 0.852. The topological polar surface area (TPSA) is 157 Å². The van der Waals surface area contributed by atoms with Gasteiger partial charge < -0.3 is 64.6 Å². The van der Waals surface area contributed by atoms with Crippen molar-refractivity contribution >= 4 is 75.3 Å². The van der Waals surface area contributed by atoms with Crippen molar-refractivity contribution in [1.82, 2.24) is 0 Å². The Hall–Kier alpha value is -0.156. The lowest BCUT2D eigenvalue weighted by Crippen LogP contribution is -2.69. The molecule has 22 heteroatoms. The van der Waals surface area contributed by atoms with Crippen LogP contribution in [0.4, 0.5) is 0 Å². The Labute approximate surface area is 648 Å². The van der Waals surface area contributed by atoms with E-state index in [9.17, 15) is 8.76 Å². The molecule has 7 rings (SSSR count). The number of hydrogen-bond acceptors (Lipinski definition) is 14. The van der Waals surface area contributed by atoms with E-state index in [1.54, 1.807) is 0 Å². The Morgan fingerprint density at radius 2 is 1.24 bits per heavy atom. The third-order valence-corrected chi connectivity index (χ3v) is 50.1. The van der Waals surface area contributed by atoms with Gasteiger partial charge in [-0.1, -0.05) is 160 Å². The van der Waals surface area contributed by atoms with Crippen LogP contribution in [0.5, 0.6) is 0 Å². The molecule has 19 atom stereocenters. The van der Waals surface area contributed by atoms with Crippen molar-refractivity contribution in [2.75, 3.05) is 26.9 Å². The van der Waals surface area contributed by atoms with E-state index in [0.29, 0.717) is 50.0 Å². The van der Waals surface area contributed by atoms with Gasteiger partial charge in [-0.3, -0.25) is 0 Å². The molecule has 594 valence electrons. The molecule has 0 saturated carbocycles. The molecule has 0 radical (unpaired) electrons. The summed E-state index contributed by atoms with van der Waals surface area (Å²) in [7, 11) is -10.3. The number of fused-ring (bicyclic) bond motifs is 1. The Balaban J connectivity index is 1.30. The van der Waals surface area contributed by atoms with Crippen molar-refractivity contribution < 1.29 is 68.8 Å². The lowest BCUT2D eigenvalue weighted by atomic mass is 9.77. The molecule has 103 heavy (non-hydrogen) atoms. The normalized spacial score (nSPS) is 30.8. The molecular formula is C81H147IO15SSi5. The van der Waals surface area contributed by atoms with E-state index in [1.165, 1.54) is 0 Å². The van der Waals surface area contributed by atoms with Crippen LogP contribution in [0, 0.1) is 11.8 Å². The predicted molar refractivity (Wildman–Crippen MR) is 443 cm³/mol. The molecule has 6 unspecified atom stereocenters. The van der Waals surface area contributed by atoms with Crippen LogP contribution >= 0.6 is 22.6 Å². The standard InChI is InChI=1S/C81H147IO15SSi5/c1-31-56-33-36-60(98(83)84)50-63(56)61(65-40-41-66-73(92-65)75(96-102(27,28)80(14,15)16)76(97-103(29,30)81(17,18)19)74(93-66)67(43-44-82)95-101(25,26)79(11,12)13)37-38-62-69(91-70(72(62)85-20)49-59(94-100(23,24)78(8,9)10)52-88-99(21,22)77(5,6)7)51-68-55(4)53(2)47-57(90-68)34-39-64-54(3)48-58(89-64)35-42-71-86-45-32-46-87-71/h33,36,43-44,50,53,57-59,61-62,64-76H,3-4,31-32,34-35,37-42,45-49,51-52H2,1-2,5-30H3,(H,83,84)/b44-43+/t53-,57+,58+,59?,61+,62+,64+,65?,66+,67?,68-,69+,70-,72-,73+,74+,75?,76?/m1/s1. The number of hydrogen-bond donors (Lipinski definition) is 1. The highest BCUT2D eigenvalue weighted by atomic mass is 127. The number of halogens is 1. The number of methoxy groups -OCH3 is 1. The second-order valence-electron chi connectivity index (χ2n) is 39.2. The van der Waals surface area contributed by atoms with Gasteiger partial charge in [-0.2, -0.15) is 0 Å². The van der Waals surface area contributed by atoms with Crippen molar-refractivity contribution in [2.45, 2.75) is 407 Å². The van der Waals surface area contributed by atoms with Crippen LogP contribution in [-0.4, -0.2) is 175 Å². The number of rotatable bonds is 31. The van der Waals surface area contributed by atoms with Gasteiger partial charge in [-0.15, -0.1) is 0 Å². The summed E-state index contributed by atoms with van der Waals surface area (Å²) in [6.07, 6.45) is 8.28. The predicted octanol–water partition coefficient (Wildman–Crippen LogP) is 21.1. The molecule has 6 saturated heterocycles. The van der Waals surface area contributed by atoms with Crippen LogP contribution in [0.15, 0.2) is 57.6 Å². The fourth-order valence-electron chi connectivity index (χ4n) is 14.8. The van der Waals surface area contributed by atoms with E-state index in [2.05, 4.69) is 229 Å². The molecule has 6 aliphatic heterocycles. The molecule has 0 aromatic heterocycles. The fourth-order valence-corrected chi connectivity index (χ4v) is 21.9. The molecular weight excluding hydrogens is 1510 g/mol. The molecule has 0 aliphatic carbocycles. The summed E-state index contributed by atoms with van der Waals surface area (Å²) in [6.45, 7) is 73.7. The molecule has 15 nitrogen and oxygen atoms in total. The number of aryl methyl sites for hydroxylation is 1. The zero-order valence-corrected chi connectivity index (χ0v) is 77.7. The van der Waals surface area contributed by atoms with Gasteiger partial charge in [-0.05, 0) is 212 Å². The third kappa shape index (κ3) is 22.8. The summed E-state index contributed by atoms with van der Waals surface area (Å²) in [5, 5.41) is -0.389. The van der Waals surface area contributed by atoms with Gasteiger partial charge in [0.15, 0.2) is 59.0 Å². The second-order valence-corrected chi connectivity index (χ2v) is 64.7. The van der Waals surface area contributed by atoms with Crippen molar-refractivity contribution in [3.63, 3.8) is 0 Å². The van der Waals surface area contributed by atoms with Gasteiger partial charge in [0.25, 0.3) is 0 Å². The van der Waals surface area contributed by atoms with Gasteiger partial charge in [0.1, 0.15) is 24.4 Å². The first-order valence-electron chi connectivity index (χ1n) is 39.6. The summed E-state index contributed by atoms with van der Waals surface area (Å²) in [5.41, 5.74) is 4.41. The van der Waals surface area contributed by atoms with Gasteiger partial charge in [0.05, 0.1) is 91.9 Å². The minimum atomic E-state index is -2.60. The Morgan fingerprint density at radius 1 is 0.670 bits per heavy atom. The Kier molecular flexibility index (Phi) is 31.4. The minimum absolute atomic E-state index is 0.00379. The smallest absolute Gasteiger partial charge is 0.193 e. The van der Waals surface area contributed by atoms with E-state index in [0.717, 1.165) is 86.9 Å². The molecule has 0 amide bonds. The quantitative estimate of drug-likeness (QED) is 0.0324. The Morgan fingerprint density at radius 3 is 1.81 bits per heavy atom. The lowest BCUT2D eigenvalue weighted by Gasteiger charge is -2.56. The summed E-state index contributed by atoms with van der Waals surface area (Å²) < 4.78 is 121. The van der Waals surface area contributed by atoms with Crippen LogP contribution in [0.2, 0.25) is 90.7 Å². The van der Waals surface area contributed by atoms with Gasteiger partial charge >= 0.3 is 0 Å². The van der Waals surface area contributed by atoms with Crippen molar-refractivity contribution in [1.29, 1.82) is 0 Å².